The van der Waals surface area contributed by atoms with Gasteiger partial charge >= 0.3 is 5.91 Å². The Morgan fingerprint density at radius 2 is 1.66 bits per heavy atom. The van der Waals surface area contributed by atoms with Gasteiger partial charge in [0.05, 0.1) is 19.4 Å². The monoisotopic (exact) mass is 508 g/mol. The molecule has 7 heteroatoms. The van der Waals surface area contributed by atoms with E-state index < -0.39 is 5.91 Å². The summed E-state index contributed by atoms with van der Waals surface area (Å²) in [6, 6.07) is 27.1. The number of nitrogens with zero attached hydrogens (tertiary/aromatic N) is 1. The first kappa shape index (κ1) is 24.9. The summed E-state index contributed by atoms with van der Waals surface area (Å²) >= 11 is 0. The Hall–Kier alpha value is -4.78. The highest BCUT2D eigenvalue weighted by Gasteiger charge is 2.12. The van der Waals surface area contributed by atoms with Crippen molar-refractivity contribution in [1.29, 1.82) is 0 Å². The second kappa shape index (κ2) is 11.5. The van der Waals surface area contributed by atoms with E-state index in [4.69, 9.17) is 18.6 Å². The molecule has 4 aromatic carbocycles. The number of rotatable bonds is 10. The van der Waals surface area contributed by atoms with Crippen LogP contribution in [0.4, 0.5) is 0 Å². The summed E-state index contributed by atoms with van der Waals surface area (Å²) in [5.41, 5.74) is 4.93. The highest BCUT2D eigenvalue weighted by atomic mass is 16.5. The highest BCUT2D eigenvalue weighted by Crippen LogP contribution is 2.29. The molecule has 1 aromatic heterocycles. The quantitative estimate of drug-likeness (QED) is 0.167. The second-order valence-corrected chi connectivity index (χ2v) is 8.55. The predicted octanol–water partition coefficient (Wildman–Crippen LogP) is 6.73. The van der Waals surface area contributed by atoms with Gasteiger partial charge in [-0.2, -0.15) is 5.10 Å². The molecule has 5 aromatic rings. The molecule has 192 valence electrons. The Kier molecular flexibility index (Phi) is 7.54. The predicted molar refractivity (Wildman–Crippen MR) is 148 cm³/mol. The summed E-state index contributed by atoms with van der Waals surface area (Å²) in [7, 11) is 0. The van der Waals surface area contributed by atoms with Gasteiger partial charge in [0.15, 0.2) is 17.3 Å². The summed E-state index contributed by atoms with van der Waals surface area (Å²) in [5.74, 6) is 1.68. The van der Waals surface area contributed by atoms with Gasteiger partial charge in [-0.25, -0.2) is 5.43 Å². The van der Waals surface area contributed by atoms with Gasteiger partial charge in [-0.15, -0.1) is 0 Å². The van der Waals surface area contributed by atoms with Crippen molar-refractivity contribution >= 4 is 33.9 Å². The Morgan fingerprint density at radius 3 is 2.50 bits per heavy atom. The normalized spacial score (nSPS) is 11.2. The van der Waals surface area contributed by atoms with Gasteiger partial charge < -0.3 is 18.6 Å². The van der Waals surface area contributed by atoms with Crippen molar-refractivity contribution in [2.75, 3.05) is 13.2 Å². The topological polar surface area (TPSA) is 82.3 Å². The van der Waals surface area contributed by atoms with Gasteiger partial charge in [0.25, 0.3) is 0 Å². The van der Waals surface area contributed by atoms with E-state index in [0.29, 0.717) is 36.9 Å². The van der Waals surface area contributed by atoms with Gasteiger partial charge in [-0.3, -0.25) is 4.79 Å². The van der Waals surface area contributed by atoms with E-state index >= 15 is 0 Å². The van der Waals surface area contributed by atoms with E-state index in [0.717, 1.165) is 22.3 Å². The van der Waals surface area contributed by atoms with Crippen LogP contribution in [-0.4, -0.2) is 25.3 Å². The molecule has 0 unspecified atom stereocenters. The number of carbonyl (C=O) groups excluding carboxylic acids is 1. The molecular formula is C31H28N2O5. The van der Waals surface area contributed by atoms with Gasteiger partial charge in [0, 0.05) is 5.39 Å². The van der Waals surface area contributed by atoms with Crippen LogP contribution in [0.25, 0.3) is 21.7 Å². The average Bonchev–Trinajstić information content (AvgIpc) is 3.37. The van der Waals surface area contributed by atoms with E-state index in [-0.39, 0.29) is 5.76 Å². The lowest BCUT2D eigenvalue weighted by molar-refractivity contribution is 0.0929. The zero-order valence-corrected chi connectivity index (χ0v) is 21.3. The number of benzene rings is 4. The van der Waals surface area contributed by atoms with E-state index in [1.54, 1.807) is 24.4 Å². The van der Waals surface area contributed by atoms with Crippen LogP contribution in [0.3, 0.4) is 0 Å². The third kappa shape index (κ3) is 5.78. The lowest BCUT2D eigenvalue weighted by Crippen LogP contribution is -2.16. The Labute approximate surface area is 220 Å². The molecule has 0 saturated heterocycles. The largest absolute Gasteiger partial charge is 0.494 e. The first-order valence-electron chi connectivity index (χ1n) is 12.5. The zero-order valence-electron chi connectivity index (χ0n) is 21.3. The van der Waals surface area contributed by atoms with Crippen LogP contribution in [0.1, 0.15) is 35.5 Å². The van der Waals surface area contributed by atoms with Gasteiger partial charge in [-0.1, -0.05) is 36.4 Å². The minimum atomic E-state index is -0.448. The van der Waals surface area contributed by atoms with Crippen molar-refractivity contribution in [3.05, 3.63) is 102 Å². The molecule has 0 aliphatic carbocycles. The summed E-state index contributed by atoms with van der Waals surface area (Å²) < 4.78 is 23.0. The maximum absolute atomic E-state index is 12.5. The fourth-order valence-electron chi connectivity index (χ4n) is 4.09. The number of carbonyl (C=O) groups is 1. The molecule has 0 radical (unpaired) electrons. The molecule has 0 aliphatic rings. The molecule has 0 aliphatic heterocycles. The Bertz CT molecular complexity index is 1610. The van der Waals surface area contributed by atoms with Crippen LogP contribution >= 0.6 is 0 Å². The fourth-order valence-corrected chi connectivity index (χ4v) is 4.09. The van der Waals surface area contributed by atoms with E-state index in [1.165, 1.54) is 10.8 Å². The van der Waals surface area contributed by atoms with Crippen LogP contribution in [-0.2, 0) is 6.61 Å². The first-order valence-corrected chi connectivity index (χ1v) is 12.5. The van der Waals surface area contributed by atoms with E-state index in [2.05, 4.69) is 40.9 Å². The number of hydrogen-bond donors (Lipinski definition) is 1. The molecule has 1 amide bonds. The van der Waals surface area contributed by atoms with Crippen LogP contribution in [0.2, 0.25) is 0 Å². The number of furan rings is 1. The number of nitrogens with one attached hydrogen (secondary N) is 1. The molecule has 0 fully saturated rings. The minimum absolute atomic E-state index is 0.165. The van der Waals surface area contributed by atoms with Crippen LogP contribution in [0, 0.1) is 0 Å². The molecular weight excluding hydrogens is 480 g/mol. The standard InChI is InChI=1S/C31H28N2O5/c1-3-35-26-12-14-27-25(17-26)18-30(38-27)31(34)33-32-19-21-10-13-28(29(16-21)36-4-2)37-20-22-9-11-23-7-5-6-8-24(23)15-22/h5-19H,3-4,20H2,1-2H3,(H,33,34)/b32-19+. The smallest absolute Gasteiger partial charge is 0.307 e. The van der Waals surface area contributed by atoms with Gasteiger partial charge in [0.1, 0.15) is 17.9 Å². The maximum Gasteiger partial charge on any atom is 0.307 e. The molecule has 0 bridgehead atoms. The molecule has 0 atom stereocenters. The van der Waals surface area contributed by atoms with Gasteiger partial charge in [-0.05, 0) is 84.3 Å². The summed E-state index contributed by atoms with van der Waals surface area (Å²) in [4.78, 5) is 12.5. The first-order chi connectivity index (χ1) is 18.6. The van der Waals surface area contributed by atoms with Crippen molar-refractivity contribution in [3.63, 3.8) is 0 Å². The summed E-state index contributed by atoms with van der Waals surface area (Å²) in [6.45, 7) is 5.30. The third-order valence-electron chi connectivity index (χ3n) is 5.88. The lowest BCUT2D eigenvalue weighted by atomic mass is 10.1. The van der Waals surface area contributed by atoms with Crippen LogP contribution in [0.5, 0.6) is 17.2 Å². The number of hydrazone groups is 1. The molecule has 5 rings (SSSR count). The third-order valence-corrected chi connectivity index (χ3v) is 5.88. The van der Waals surface area contributed by atoms with Crippen molar-refractivity contribution in [2.45, 2.75) is 20.5 Å². The number of ether oxygens (including phenoxy) is 3. The molecule has 38 heavy (non-hydrogen) atoms. The SMILES string of the molecule is CCOc1ccc2oc(C(=O)N/N=C/c3ccc(OCc4ccc5ccccc5c4)c(OCC)c3)cc2c1. The summed E-state index contributed by atoms with van der Waals surface area (Å²) in [5, 5.41) is 7.23. The average molecular weight is 509 g/mol. The number of fused-ring (bicyclic) bond motifs is 2. The number of amides is 1. The van der Waals surface area contributed by atoms with E-state index in [1.807, 2.05) is 50.2 Å². The zero-order chi connectivity index (χ0) is 26.3. The molecule has 0 spiro atoms. The number of hydrogen-bond acceptors (Lipinski definition) is 6. The molecule has 7 nitrogen and oxygen atoms in total. The Balaban J connectivity index is 1.24. The second-order valence-electron chi connectivity index (χ2n) is 8.55. The minimum Gasteiger partial charge on any atom is -0.494 e. The van der Waals surface area contributed by atoms with Crippen molar-refractivity contribution < 1.29 is 23.4 Å². The lowest BCUT2D eigenvalue weighted by Gasteiger charge is -2.13. The highest BCUT2D eigenvalue weighted by molar-refractivity contribution is 5.96. The van der Waals surface area contributed by atoms with Crippen LogP contribution in [0.15, 0.2) is 94.4 Å². The van der Waals surface area contributed by atoms with E-state index in [9.17, 15) is 4.79 Å². The molecule has 1 N–H and O–H groups in total. The molecule has 0 saturated carbocycles. The van der Waals surface area contributed by atoms with Crippen molar-refractivity contribution in [3.8, 4) is 17.2 Å². The van der Waals surface area contributed by atoms with Crippen molar-refractivity contribution in [2.24, 2.45) is 5.10 Å². The maximum atomic E-state index is 12.5. The molecule has 1 heterocycles. The van der Waals surface area contributed by atoms with Crippen molar-refractivity contribution in [1.82, 2.24) is 5.43 Å². The summed E-state index contributed by atoms with van der Waals surface area (Å²) in [6.07, 6.45) is 1.55. The van der Waals surface area contributed by atoms with Crippen LogP contribution < -0.4 is 19.6 Å². The fraction of sp³-hybridized carbons (Fsp3) is 0.161. The Morgan fingerprint density at radius 1 is 0.816 bits per heavy atom. The van der Waals surface area contributed by atoms with Gasteiger partial charge in [0.2, 0.25) is 0 Å².